The molecule has 1 N–H and O–H groups in total. The minimum Gasteiger partial charge on any atom is -0.481 e. The van der Waals surface area contributed by atoms with Crippen LogP contribution in [0.25, 0.3) is 0 Å². The van der Waals surface area contributed by atoms with Crippen LogP contribution in [0.4, 0.5) is 5.69 Å². The summed E-state index contributed by atoms with van der Waals surface area (Å²) in [5.74, 6) is 0.349. The van der Waals surface area contributed by atoms with E-state index in [0.29, 0.717) is 21.5 Å². The number of benzene rings is 2. The molecule has 1 amide bonds. The Morgan fingerprint density at radius 2 is 1.71 bits per heavy atom. The molecular weight excluding hydrogens is 345 g/mol. The fourth-order valence-corrected chi connectivity index (χ4v) is 2.47. The first-order valence-electron chi connectivity index (χ1n) is 7.70. The third-order valence-corrected chi connectivity index (χ3v) is 4.43. The molecule has 0 aliphatic rings. The number of halogens is 2. The van der Waals surface area contributed by atoms with Crippen LogP contribution in [0.3, 0.4) is 0 Å². The van der Waals surface area contributed by atoms with Gasteiger partial charge in [-0.2, -0.15) is 0 Å². The largest absolute Gasteiger partial charge is 0.481 e. The van der Waals surface area contributed by atoms with Gasteiger partial charge in [0.05, 0.1) is 15.7 Å². The van der Waals surface area contributed by atoms with Crippen molar-refractivity contribution < 1.29 is 9.53 Å². The smallest absolute Gasteiger partial charge is 0.265 e. The lowest BCUT2D eigenvalue weighted by Crippen LogP contribution is -2.30. The van der Waals surface area contributed by atoms with Gasteiger partial charge in [0, 0.05) is 0 Å². The Balaban J connectivity index is 2.02. The first-order chi connectivity index (χ1) is 11.2. The van der Waals surface area contributed by atoms with E-state index in [2.05, 4.69) is 26.1 Å². The minimum atomic E-state index is -0.666. The van der Waals surface area contributed by atoms with Crippen molar-refractivity contribution in [2.24, 2.45) is 0 Å². The van der Waals surface area contributed by atoms with E-state index in [9.17, 15) is 4.79 Å². The number of hydrogen-bond acceptors (Lipinski definition) is 2. The van der Waals surface area contributed by atoms with E-state index in [1.807, 2.05) is 24.3 Å². The van der Waals surface area contributed by atoms with Crippen molar-refractivity contribution in [2.75, 3.05) is 5.32 Å². The fourth-order valence-electron chi connectivity index (χ4n) is 2.13. The predicted octanol–water partition coefficient (Wildman–Crippen LogP) is 5.70. The molecule has 0 aliphatic carbocycles. The van der Waals surface area contributed by atoms with Crippen molar-refractivity contribution in [3.63, 3.8) is 0 Å². The Kier molecular flexibility index (Phi) is 5.79. The number of anilines is 1. The second kappa shape index (κ2) is 7.45. The Labute approximate surface area is 152 Å². The predicted molar refractivity (Wildman–Crippen MR) is 100 cm³/mol. The van der Waals surface area contributed by atoms with Crippen molar-refractivity contribution in [3.05, 3.63) is 58.1 Å². The first kappa shape index (κ1) is 18.6. The zero-order valence-corrected chi connectivity index (χ0v) is 15.7. The Bertz CT molecular complexity index is 721. The fraction of sp³-hybridized carbons (Fsp3) is 0.316. The van der Waals surface area contributed by atoms with Gasteiger partial charge in [0.1, 0.15) is 5.75 Å². The van der Waals surface area contributed by atoms with E-state index in [1.54, 1.807) is 25.1 Å². The maximum absolute atomic E-state index is 12.3. The highest BCUT2D eigenvalue weighted by Gasteiger charge is 2.18. The highest BCUT2D eigenvalue weighted by molar-refractivity contribution is 6.44. The van der Waals surface area contributed by atoms with Crippen molar-refractivity contribution in [2.45, 2.75) is 39.2 Å². The van der Waals surface area contributed by atoms with Gasteiger partial charge in [0.25, 0.3) is 5.91 Å². The summed E-state index contributed by atoms with van der Waals surface area (Å²) in [4.78, 5) is 12.3. The van der Waals surface area contributed by atoms with E-state index in [0.717, 1.165) is 0 Å². The molecule has 0 heterocycles. The summed E-state index contributed by atoms with van der Waals surface area (Å²) >= 11 is 12.0. The van der Waals surface area contributed by atoms with Crippen LogP contribution in [0.1, 0.15) is 33.3 Å². The average Bonchev–Trinajstić information content (AvgIpc) is 2.51. The lowest BCUT2D eigenvalue weighted by Gasteiger charge is -2.20. The number of rotatable bonds is 4. The lowest BCUT2D eigenvalue weighted by molar-refractivity contribution is -0.122. The second-order valence-electron chi connectivity index (χ2n) is 6.63. The van der Waals surface area contributed by atoms with Gasteiger partial charge < -0.3 is 10.1 Å². The molecule has 1 unspecified atom stereocenters. The van der Waals surface area contributed by atoms with E-state index < -0.39 is 6.10 Å². The highest BCUT2D eigenvalue weighted by Crippen LogP contribution is 2.30. The van der Waals surface area contributed by atoms with E-state index in [1.165, 1.54) is 5.56 Å². The molecule has 1 atom stereocenters. The molecule has 0 aliphatic heterocycles. The summed E-state index contributed by atoms with van der Waals surface area (Å²) in [6.45, 7) is 8.13. The van der Waals surface area contributed by atoms with Crippen molar-refractivity contribution in [1.29, 1.82) is 0 Å². The summed E-state index contributed by atoms with van der Waals surface area (Å²) in [5, 5.41) is 3.43. The van der Waals surface area contributed by atoms with E-state index >= 15 is 0 Å². The second-order valence-corrected chi connectivity index (χ2v) is 7.41. The highest BCUT2D eigenvalue weighted by atomic mass is 35.5. The van der Waals surface area contributed by atoms with Crippen LogP contribution >= 0.6 is 23.2 Å². The maximum Gasteiger partial charge on any atom is 0.265 e. The zero-order chi connectivity index (χ0) is 17.9. The van der Waals surface area contributed by atoms with E-state index in [4.69, 9.17) is 27.9 Å². The molecule has 128 valence electrons. The minimum absolute atomic E-state index is 0.0743. The monoisotopic (exact) mass is 365 g/mol. The summed E-state index contributed by atoms with van der Waals surface area (Å²) < 4.78 is 5.70. The molecule has 2 aromatic carbocycles. The summed E-state index contributed by atoms with van der Waals surface area (Å²) in [6.07, 6.45) is -0.666. The topological polar surface area (TPSA) is 38.3 Å². The lowest BCUT2D eigenvalue weighted by atomic mass is 9.87. The third-order valence-electron chi connectivity index (χ3n) is 3.61. The SMILES string of the molecule is CC(Oc1ccc(C(C)(C)C)cc1)C(=O)Nc1cccc(Cl)c1Cl. The zero-order valence-electron chi connectivity index (χ0n) is 14.2. The van der Waals surface area contributed by atoms with Gasteiger partial charge in [0.15, 0.2) is 6.10 Å². The molecule has 0 spiro atoms. The first-order valence-corrected chi connectivity index (χ1v) is 8.46. The number of ether oxygens (including phenoxy) is 1. The number of carbonyl (C=O) groups excluding carboxylic acids is 1. The molecule has 0 radical (unpaired) electrons. The van der Waals surface area contributed by atoms with Crippen LogP contribution in [0, 0.1) is 0 Å². The van der Waals surface area contributed by atoms with Crippen molar-refractivity contribution in [1.82, 2.24) is 0 Å². The Hall–Kier alpha value is -1.71. The number of carbonyl (C=O) groups is 1. The average molecular weight is 366 g/mol. The molecule has 0 aromatic heterocycles. The Morgan fingerprint density at radius 1 is 1.08 bits per heavy atom. The molecule has 0 saturated heterocycles. The molecule has 3 nitrogen and oxygen atoms in total. The van der Waals surface area contributed by atoms with Crippen LogP contribution < -0.4 is 10.1 Å². The normalized spacial score (nSPS) is 12.6. The van der Waals surface area contributed by atoms with Gasteiger partial charge in [-0.3, -0.25) is 4.79 Å². The van der Waals surface area contributed by atoms with Crippen LogP contribution in [0.5, 0.6) is 5.75 Å². The van der Waals surface area contributed by atoms with E-state index in [-0.39, 0.29) is 11.3 Å². The molecule has 5 heteroatoms. The third kappa shape index (κ3) is 4.65. The molecular formula is C19H21Cl2NO2. The maximum atomic E-state index is 12.3. The Morgan fingerprint density at radius 3 is 2.29 bits per heavy atom. The van der Waals surface area contributed by atoms with Gasteiger partial charge in [-0.15, -0.1) is 0 Å². The van der Waals surface area contributed by atoms with Gasteiger partial charge in [0.2, 0.25) is 0 Å². The standard InChI is InChI=1S/C19H21Cl2NO2/c1-12(18(23)22-16-7-5-6-15(20)17(16)21)24-14-10-8-13(9-11-14)19(2,3)4/h5-12H,1-4H3,(H,22,23). The molecule has 2 aromatic rings. The summed E-state index contributed by atoms with van der Waals surface area (Å²) in [5.41, 5.74) is 1.75. The molecule has 2 rings (SSSR count). The number of nitrogens with one attached hydrogen (secondary N) is 1. The van der Waals surface area contributed by atoms with Gasteiger partial charge in [-0.05, 0) is 42.2 Å². The molecule has 0 fully saturated rings. The number of amides is 1. The van der Waals surface area contributed by atoms with Crippen LogP contribution in [0.2, 0.25) is 10.0 Å². The quantitative estimate of drug-likeness (QED) is 0.754. The van der Waals surface area contributed by atoms with Crippen LogP contribution in [-0.2, 0) is 10.2 Å². The molecule has 0 bridgehead atoms. The summed E-state index contributed by atoms with van der Waals surface area (Å²) in [7, 11) is 0. The van der Waals surface area contributed by atoms with Gasteiger partial charge in [-0.1, -0.05) is 62.2 Å². The van der Waals surface area contributed by atoms with Crippen molar-refractivity contribution >= 4 is 34.8 Å². The van der Waals surface area contributed by atoms with Crippen LogP contribution in [0.15, 0.2) is 42.5 Å². The summed E-state index contributed by atoms with van der Waals surface area (Å²) in [6, 6.07) is 12.8. The van der Waals surface area contributed by atoms with Crippen molar-refractivity contribution in [3.8, 4) is 5.75 Å². The molecule has 24 heavy (non-hydrogen) atoms. The molecule has 0 saturated carbocycles. The van der Waals surface area contributed by atoms with Gasteiger partial charge >= 0.3 is 0 Å². The van der Waals surface area contributed by atoms with Crippen LogP contribution in [-0.4, -0.2) is 12.0 Å². The van der Waals surface area contributed by atoms with Gasteiger partial charge in [-0.25, -0.2) is 0 Å². The number of hydrogen-bond donors (Lipinski definition) is 1.